The van der Waals surface area contributed by atoms with E-state index in [-0.39, 0.29) is 11.3 Å². The number of rotatable bonds is 11. The molecule has 2 aromatic heterocycles. The van der Waals surface area contributed by atoms with Crippen LogP contribution < -0.4 is 9.47 Å². The minimum atomic E-state index is -0.778. The van der Waals surface area contributed by atoms with Crippen LogP contribution in [0.1, 0.15) is 43.4 Å². The second-order valence-corrected chi connectivity index (χ2v) is 8.49. The number of Topliss-reactive ketones (excluding diaryl/α,β-unsaturated/α-hetero) is 1. The first-order valence-electron chi connectivity index (χ1n) is 12.0. The van der Waals surface area contributed by atoms with Gasteiger partial charge in [0, 0.05) is 43.4 Å². The molecule has 1 aromatic carbocycles. The average molecular weight is 491 g/mol. The van der Waals surface area contributed by atoms with Crippen LogP contribution >= 0.6 is 0 Å². The van der Waals surface area contributed by atoms with Gasteiger partial charge in [-0.1, -0.05) is 19.4 Å². The minimum Gasteiger partial charge on any atom is -0.507 e. The molecule has 1 aliphatic heterocycles. The van der Waals surface area contributed by atoms with Crippen LogP contribution in [-0.2, 0) is 16.1 Å². The van der Waals surface area contributed by atoms with Gasteiger partial charge in [0.2, 0.25) is 0 Å². The first-order chi connectivity index (χ1) is 17.5. The molecule has 3 heterocycles. The maximum atomic E-state index is 13.2. The first-order valence-corrected chi connectivity index (χ1v) is 12.0. The van der Waals surface area contributed by atoms with Gasteiger partial charge in [-0.15, -0.1) is 0 Å². The molecule has 3 aromatic rings. The molecule has 1 amide bonds. The van der Waals surface area contributed by atoms with Gasteiger partial charge in [-0.2, -0.15) is 0 Å². The Bertz CT molecular complexity index is 1220. The van der Waals surface area contributed by atoms with Gasteiger partial charge < -0.3 is 24.0 Å². The van der Waals surface area contributed by atoms with Crippen molar-refractivity contribution in [2.75, 3.05) is 20.3 Å². The predicted molar refractivity (Wildman–Crippen MR) is 133 cm³/mol. The van der Waals surface area contributed by atoms with Crippen LogP contribution in [0.15, 0.2) is 67.0 Å². The lowest BCUT2D eigenvalue weighted by molar-refractivity contribution is -0.139. The van der Waals surface area contributed by atoms with Crippen molar-refractivity contribution in [3.05, 3.63) is 78.1 Å². The van der Waals surface area contributed by atoms with E-state index in [1.807, 2.05) is 16.8 Å². The lowest BCUT2D eigenvalue weighted by atomic mass is 9.95. The highest BCUT2D eigenvalue weighted by Gasteiger charge is 2.46. The number of hydrogen-bond acceptors (Lipinski definition) is 7. The Morgan fingerprint density at radius 2 is 1.83 bits per heavy atom. The Morgan fingerprint density at radius 3 is 2.53 bits per heavy atom. The van der Waals surface area contributed by atoms with Gasteiger partial charge in [0.25, 0.3) is 11.7 Å². The van der Waals surface area contributed by atoms with Crippen LogP contribution in [0, 0.1) is 0 Å². The number of ether oxygens (including phenoxy) is 2. The lowest BCUT2D eigenvalue weighted by Gasteiger charge is -2.26. The number of nitrogens with zero attached hydrogens (tertiary/aromatic N) is 4. The molecular formula is C27H30N4O5. The quantitative estimate of drug-likeness (QED) is 0.188. The number of likely N-dealkylation sites (tertiary alicyclic amines) is 1. The number of amides is 1. The average Bonchev–Trinajstić information content (AvgIpc) is 3.51. The second kappa shape index (κ2) is 11.5. The number of aliphatic hydroxyl groups is 1. The summed E-state index contributed by atoms with van der Waals surface area (Å²) in [5.41, 5.74) is 1.10. The molecule has 0 aliphatic carbocycles. The molecule has 4 rings (SSSR count). The van der Waals surface area contributed by atoms with E-state index in [0.717, 1.165) is 12.8 Å². The molecular weight excluding hydrogens is 460 g/mol. The molecule has 1 atom stereocenters. The van der Waals surface area contributed by atoms with E-state index in [1.54, 1.807) is 43.9 Å². The summed E-state index contributed by atoms with van der Waals surface area (Å²) in [5, 5.41) is 11.1. The fourth-order valence-corrected chi connectivity index (χ4v) is 4.27. The zero-order valence-electron chi connectivity index (χ0n) is 20.5. The van der Waals surface area contributed by atoms with Crippen molar-refractivity contribution >= 4 is 17.4 Å². The van der Waals surface area contributed by atoms with Gasteiger partial charge in [-0.25, -0.2) is 4.98 Å². The van der Waals surface area contributed by atoms with Crippen molar-refractivity contribution in [3.63, 3.8) is 0 Å². The number of carbonyl (C=O) groups excluding carboxylic acids is 2. The number of aliphatic hydroxyl groups excluding tert-OH is 1. The van der Waals surface area contributed by atoms with Crippen LogP contribution in [0.5, 0.6) is 11.5 Å². The molecule has 188 valence electrons. The molecule has 1 aliphatic rings. The molecule has 0 saturated carbocycles. The van der Waals surface area contributed by atoms with Crippen LogP contribution in [-0.4, -0.2) is 56.5 Å². The van der Waals surface area contributed by atoms with Crippen molar-refractivity contribution in [2.45, 2.75) is 38.8 Å². The zero-order valence-corrected chi connectivity index (χ0v) is 20.5. The Kier molecular flexibility index (Phi) is 7.99. The Morgan fingerprint density at radius 1 is 1.03 bits per heavy atom. The number of hydrogen-bond donors (Lipinski definition) is 1. The SMILES string of the molecule is CCCCOc1ccc(C2/C(=C(\O)c3ccncc3)C(=O)C(=O)N2CCCn2ccnc2)cc1OC. The van der Waals surface area contributed by atoms with E-state index >= 15 is 0 Å². The zero-order chi connectivity index (χ0) is 25.5. The number of aryl methyl sites for hydroxylation is 1. The van der Waals surface area contributed by atoms with Gasteiger partial charge >= 0.3 is 0 Å². The maximum absolute atomic E-state index is 13.2. The van der Waals surface area contributed by atoms with E-state index in [2.05, 4.69) is 16.9 Å². The number of ketones is 1. The van der Waals surface area contributed by atoms with Crippen molar-refractivity contribution < 1.29 is 24.2 Å². The Balaban J connectivity index is 1.72. The summed E-state index contributed by atoms with van der Waals surface area (Å²) in [5.74, 6) is -0.528. The van der Waals surface area contributed by atoms with Crippen molar-refractivity contribution in [2.24, 2.45) is 0 Å². The lowest BCUT2D eigenvalue weighted by Crippen LogP contribution is -2.31. The van der Waals surface area contributed by atoms with Gasteiger partial charge in [0.15, 0.2) is 11.5 Å². The standard InChI is InChI=1S/C27H30N4O5/c1-3-4-16-36-21-7-6-20(17-22(21)35-2)24-23(25(32)19-8-10-28-11-9-19)26(33)27(34)31(24)14-5-13-30-15-12-29-18-30/h6-12,15,17-18,24,32H,3-5,13-14,16H2,1-2H3/b25-23+. The number of benzene rings is 1. The number of aromatic nitrogens is 3. The molecule has 0 radical (unpaired) electrons. The van der Waals surface area contributed by atoms with Crippen LogP contribution in [0.3, 0.4) is 0 Å². The number of unbranched alkanes of at least 4 members (excludes halogenated alkanes) is 1. The first kappa shape index (κ1) is 25.0. The van der Waals surface area contributed by atoms with Gasteiger partial charge in [0.05, 0.1) is 31.7 Å². The summed E-state index contributed by atoms with van der Waals surface area (Å²) < 4.78 is 13.3. The fourth-order valence-electron chi connectivity index (χ4n) is 4.27. The number of methoxy groups -OCH3 is 1. The third-order valence-electron chi connectivity index (χ3n) is 6.13. The predicted octanol–water partition coefficient (Wildman–Crippen LogP) is 3.98. The Hall–Kier alpha value is -4.14. The molecule has 9 nitrogen and oxygen atoms in total. The maximum Gasteiger partial charge on any atom is 0.295 e. The van der Waals surface area contributed by atoms with Gasteiger partial charge in [0.1, 0.15) is 5.76 Å². The van der Waals surface area contributed by atoms with Crippen molar-refractivity contribution in [1.82, 2.24) is 19.4 Å². The molecule has 0 bridgehead atoms. The molecule has 1 N–H and O–H groups in total. The summed E-state index contributed by atoms with van der Waals surface area (Å²) >= 11 is 0. The van der Waals surface area contributed by atoms with E-state index in [9.17, 15) is 14.7 Å². The minimum absolute atomic E-state index is 0.0375. The topological polar surface area (TPSA) is 107 Å². The number of carbonyl (C=O) groups is 2. The van der Waals surface area contributed by atoms with Gasteiger partial charge in [-0.05, 0) is 42.7 Å². The second-order valence-electron chi connectivity index (χ2n) is 8.49. The summed E-state index contributed by atoms with van der Waals surface area (Å²) in [6.45, 7) is 3.59. The Labute approximate surface area is 210 Å². The molecule has 0 spiro atoms. The van der Waals surface area contributed by atoms with Crippen molar-refractivity contribution in [1.29, 1.82) is 0 Å². The van der Waals surface area contributed by atoms with E-state index in [4.69, 9.17) is 9.47 Å². The van der Waals surface area contributed by atoms with Crippen LogP contribution in [0.2, 0.25) is 0 Å². The van der Waals surface area contributed by atoms with Crippen molar-refractivity contribution in [3.8, 4) is 11.5 Å². The third-order valence-corrected chi connectivity index (χ3v) is 6.13. The summed E-state index contributed by atoms with van der Waals surface area (Å²) in [6, 6.07) is 7.78. The summed E-state index contributed by atoms with van der Waals surface area (Å²) in [6.07, 6.45) is 10.8. The highest BCUT2D eigenvalue weighted by Crippen LogP contribution is 2.42. The monoisotopic (exact) mass is 490 g/mol. The summed E-state index contributed by atoms with van der Waals surface area (Å²) in [4.78, 5) is 35.9. The van der Waals surface area contributed by atoms with Gasteiger partial charge in [-0.3, -0.25) is 14.6 Å². The molecule has 1 saturated heterocycles. The summed E-state index contributed by atoms with van der Waals surface area (Å²) in [7, 11) is 1.55. The van der Waals surface area contributed by atoms with E-state index in [1.165, 1.54) is 17.3 Å². The van der Waals surface area contributed by atoms with Crippen LogP contribution in [0.25, 0.3) is 5.76 Å². The molecule has 9 heteroatoms. The van der Waals surface area contributed by atoms with Crippen LogP contribution in [0.4, 0.5) is 0 Å². The highest BCUT2D eigenvalue weighted by molar-refractivity contribution is 6.46. The largest absolute Gasteiger partial charge is 0.507 e. The van der Waals surface area contributed by atoms with E-state index < -0.39 is 17.7 Å². The number of imidazole rings is 1. The smallest absolute Gasteiger partial charge is 0.295 e. The molecule has 1 fully saturated rings. The highest BCUT2D eigenvalue weighted by atomic mass is 16.5. The molecule has 1 unspecified atom stereocenters. The third kappa shape index (κ3) is 5.25. The number of pyridine rings is 1. The fraction of sp³-hybridized carbons (Fsp3) is 0.333. The normalized spacial score (nSPS) is 16.9. The van der Waals surface area contributed by atoms with E-state index in [0.29, 0.717) is 48.7 Å². The molecule has 36 heavy (non-hydrogen) atoms.